The zero-order valence-corrected chi connectivity index (χ0v) is 22.2. The lowest BCUT2D eigenvalue weighted by Crippen LogP contribution is -2.41. The predicted molar refractivity (Wildman–Crippen MR) is 143 cm³/mol. The van der Waals surface area contributed by atoms with E-state index in [9.17, 15) is 14.4 Å². The highest BCUT2D eigenvalue weighted by molar-refractivity contribution is 6.08. The number of aromatic nitrogens is 2. The van der Waals surface area contributed by atoms with E-state index in [4.69, 9.17) is 19.2 Å². The average Bonchev–Trinajstić information content (AvgIpc) is 3.18. The second-order valence-electron chi connectivity index (χ2n) is 10.3. The minimum Gasteiger partial charge on any atom is -0.444 e. The van der Waals surface area contributed by atoms with Crippen LogP contribution in [0.1, 0.15) is 51.8 Å². The quantitative estimate of drug-likeness (QED) is 0.290. The topological polar surface area (TPSA) is 121 Å². The summed E-state index contributed by atoms with van der Waals surface area (Å²) in [7, 11) is 0. The molecule has 0 radical (unpaired) electrons. The average molecular weight is 525 g/mol. The number of hydrogen-bond acceptors (Lipinski definition) is 7. The Balaban J connectivity index is 1.25. The van der Waals surface area contributed by atoms with Gasteiger partial charge in [0.15, 0.2) is 0 Å². The van der Waals surface area contributed by atoms with E-state index in [0.717, 1.165) is 40.5 Å². The Morgan fingerprint density at radius 1 is 1.05 bits per heavy atom. The summed E-state index contributed by atoms with van der Waals surface area (Å²) in [6.07, 6.45) is 1.83. The molecule has 0 aliphatic carbocycles. The molecule has 1 unspecified atom stereocenters. The van der Waals surface area contributed by atoms with E-state index < -0.39 is 17.7 Å². The molecule has 2 aromatic heterocycles. The van der Waals surface area contributed by atoms with E-state index in [2.05, 4.69) is 16.7 Å². The number of nitrogens with zero attached hydrogens (tertiary/aromatic N) is 2. The standard InChI is InChI=1S/C28H36N4O6/c1-28(2,3)38-27(35)29-14-16-37-18-17-36-15-6-7-19-10-11-21-20-8-4-5-9-22(20)32(25(21)30-19)23-12-13-24(33)31-26(23)34/h4-5,8-11,23H,6-7,12-18H2,1-3H3,(H,29,35)(H,31,33,34). The number of carbonyl (C=O) groups is 3. The zero-order valence-electron chi connectivity index (χ0n) is 22.2. The Morgan fingerprint density at radius 3 is 2.58 bits per heavy atom. The number of nitrogens with one attached hydrogen (secondary N) is 2. The molecule has 10 nitrogen and oxygen atoms in total. The number of benzene rings is 1. The highest BCUT2D eigenvalue weighted by atomic mass is 16.6. The number of aryl methyl sites for hydroxylation is 1. The molecule has 3 amide bonds. The van der Waals surface area contributed by atoms with Gasteiger partial charge >= 0.3 is 6.09 Å². The molecule has 1 aliphatic heterocycles. The first-order chi connectivity index (χ1) is 18.2. The van der Waals surface area contributed by atoms with Crippen molar-refractivity contribution in [1.82, 2.24) is 20.2 Å². The summed E-state index contributed by atoms with van der Waals surface area (Å²) in [4.78, 5) is 40.9. The van der Waals surface area contributed by atoms with Gasteiger partial charge in [-0.05, 0) is 58.2 Å². The molecule has 0 saturated carbocycles. The first kappa shape index (κ1) is 27.5. The molecule has 1 saturated heterocycles. The number of pyridine rings is 1. The highest BCUT2D eigenvalue weighted by Gasteiger charge is 2.30. The number of carbonyl (C=O) groups excluding carboxylic acids is 3. The van der Waals surface area contributed by atoms with Crippen LogP contribution in [0.5, 0.6) is 0 Å². The molecular formula is C28H36N4O6. The number of imide groups is 1. The summed E-state index contributed by atoms with van der Waals surface area (Å²) in [5.41, 5.74) is 2.09. The van der Waals surface area contributed by atoms with Crippen molar-refractivity contribution in [1.29, 1.82) is 0 Å². The Morgan fingerprint density at radius 2 is 1.82 bits per heavy atom. The number of fused-ring (bicyclic) bond motifs is 3. The number of hydrogen-bond donors (Lipinski definition) is 2. The molecule has 204 valence electrons. The van der Waals surface area contributed by atoms with Crippen LogP contribution in [0.4, 0.5) is 4.79 Å². The van der Waals surface area contributed by atoms with Gasteiger partial charge in [-0.25, -0.2) is 9.78 Å². The third-order valence-electron chi connectivity index (χ3n) is 6.14. The lowest BCUT2D eigenvalue weighted by atomic mass is 10.1. The second kappa shape index (κ2) is 12.4. The van der Waals surface area contributed by atoms with Crippen molar-refractivity contribution in [3.8, 4) is 0 Å². The van der Waals surface area contributed by atoms with Crippen LogP contribution in [0.25, 0.3) is 21.9 Å². The minimum atomic E-state index is -0.522. The molecule has 1 atom stereocenters. The maximum atomic E-state index is 12.7. The fourth-order valence-corrected chi connectivity index (χ4v) is 4.51. The summed E-state index contributed by atoms with van der Waals surface area (Å²) in [6.45, 7) is 7.67. The van der Waals surface area contributed by atoms with Gasteiger partial charge in [0.25, 0.3) is 0 Å². The van der Waals surface area contributed by atoms with Crippen molar-refractivity contribution in [2.75, 3.05) is 33.0 Å². The monoisotopic (exact) mass is 524 g/mol. The molecule has 38 heavy (non-hydrogen) atoms. The van der Waals surface area contributed by atoms with Crippen molar-refractivity contribution >= 4 is 39.8 Å². The van der Waals surface area contributed by atoms with Crippen molar-refractivity contribution < 1.29 is 28.6 Å². The number of amides is 3. The molecule has 2 N–H and O–H groups in total. The maximum Gasteiger partial charge on any atom is 0.407 e. The molecule has 1 aliphatic rings. The molecule has 1 fully saturated rings. The van der Waals surface area contributed by atoms with Gasteiger partial charge in [-0.15, -0.1) is 0 Å². The third kappa shape index (κ3) is 7.08. The number of piperidine rings is 1. The summed E-state index contributed by atoms with van der Waals surface area (Å²) in [5, 5.41) is 7.14. The van der Waals surface area contributed by atoms with Crippen LogP contribution < -0.4 is 10.6 Å². The number of rotatable bonds is 11. The normalized spacial score (nSPS) is 16.1. The Bertz CT molecular complexity index is 1300. The van der Waals surface area contributed by atoms with E-state index in [1.807, 2.05) is 55.7 Å². The number of ether oxygens (including phenoxy) is 3. The summed E-state index contributed by atoms with van der Waals surface area (Å²) >= 11 is 0. The van der Waals surface area contributed by atoms with Crippen molar-refractivity contribution in [2.24, 2.45) is 0 Å². The van der Waals surface area contributed by atoms with Gasteiger partial charge in [-0.1, -0.05) is 18.2 Å². The largest absolute Gasteiger partial charge is 0.444 e. The van der Waals surface area contributed by atoms with Crippen LogP contribution in [0, 0.1) is 0 Å². The third-order valence-corrected chi connectivity index (χ3v) is 6.14. The molecule has 0 bridgehead atoms. The SMILES string of the molecule is CC(C)(C)OC(=O)NCCOCCOCCCc1ccc2c3ccccc3n(C3CCC(=O)NC3=O)c2n1. The van der Waals surface area contributed by atoms with E-state index in [-0.39, 0.29) is 11.8 Å². The van der Waals surface area contributed by atoms with Gasteiger partial charge in [-0.2, -0.15) is 0 Å². The van der Waals surface area contributed by atoms with Crippen LogP contribution in [0.15, 0.2) is 36.4 Å². The molecule has 10 heteroatoms. The summed E-state index contributed by atoms with van der Waals surface area (Å²) in [6, 6.07) is 11.5. The second-order valence-corrected chi connectivity index (χ2v) is 10.3. The van der Waals surface area contributed by atoms with E-state index in [1.54, 1.807) is 0 Å². The van der Waals surface area contributed by atoms with Gasteiger partial charge < -0.3 is 24.1 Å². The van der Waals surface area contributed by atoms with Crippen LogP contribution in [-0.2, 0) is 30.2 Å². The molecule has 3 aromatic rings. The predicted octanol–water partition coefficient (Wildman–Crippen LogP) is 3.66. The lowest BCUT2D eigenvalue weighted by molar-refractivity contribution is -0.135. The molecule has 1 aromatic carbocycles. The van der Waals surface area contributed by atoms with Crippen molar-refractivity contribution in [2.45, 2.75) is 58.1 Å². The van der Waals surface area contributed by atoms with Gasteiger partial charge in [0.1, 0.15) is 17.3 Å². The van der Waals surface area contributed by atoms with Crippen molar-refractivity contribution in [3.63, 3.8) is 0 Å². The fourth-order valence-electron chi connectivity index (χ4n) is 4.51. The Kier molecular flexibility index (Phi) is 8.96. The van der Waals surface area contributed by atoms with E-state index >= 15 is 0 Å². The molecule has 4 rings (SSSR count). The van der Waals surface area contributed by atoms with Crippen LogP contribution in [0.2, 0.25) is 0 Å². The Hall–Kier alpha value is -3.50. The zero-order chi connectivity index (χ0) is 27.1. The minimum absolute atomic E-state index is 0.233. The summed E-state index contributed by atoms with van der Waals surface area (Å²) < 4.78 is 18.3. The Labute approximate surface area is 222 Å². The van der Waals surface area contributed by atoms with Gasteiger partial charge in [0.05, 0.1) is 25.3 Å². The van der Waals surface area contributed by atoms with E-state index in [1.165, 1.54) is 0 Å². The van der Waals surface area contributed by atoms with Crippen LogP contribution in [0.3, 0.4) is 0 Å². The van der Waals surface area contributed by atoms with Crippen molar-refractivity contribution in [3.05, 3.63) is 42.1 Å². The van der Waals surface area contributed by atoms with E-state index in [0.29, 0.717) is 45.8 Å². The van der Waals surface area contributed by atoms with Crippen LogP contribution >= 0.6 is 0 Å². The lowest BCUT2D eigenvalue weighted by Gasteiger charge is -2.23. The van der Waals surface area contributed by atoms with Gasteiger partial charge in [0, 0.05) is 36.0 Å². The number of alkyl carbamates (subject to hydrolysis) is 1. The molecule has 3 heterocycles. The first-order valence-electron chi connectivity index (χ1n) is 13.1. The highest BCUT2D eigenvalue weighted by Crippen LogP contribution is 2.33. The fraction of sp³-hybridized carbons (Fsp3) is 0.500. The maximum absolute atomic E-state index is 12.7. The number of para-hydroxylation sites is 1. The molecule has 0 spiro atoms. The smallest absolute Gasteiger partial charge is 0.407 e. The van der Waals surface area contributed by atoms with Crippen LogP contribution in [-0.4, -0.2) is 66.0 Å². The summed E-state index contributed by atoms with van der Waals surface area (Å²) in [5.74, 6) is -0.518. The first-order valence-corrected chi connectivity index (χ1v) is 13.1. The van der Waals surface area contributed by atoms with Gasteiger partial charge in [0.2, 0.25) is 11.8 Å². The van der Waals surface area contributed by atoms with Gasteiger partial charge in [-0.3, -0.25) is 14.9 Å². The molecular weight excluding hydrogens is 488 g/mol.